The van der Waals surface area contributed by atoms with Gasteiger partial charge in [-0.2, -0.15) is 0 Å². The zero-order valence-electron chi connectivity index (χ0n) is 14.5. The Morgan fingerprint density at radius 3 is 2.56 bits per heavy atom. The second-order valence-corrected chi connectivity index (χ2v) is 5.59. The van der Waals surface area contributed by atoms with Crippen molar-refractivity contribution >= 4 is 12.4 Å². The summed E-state index contributed by atoms with van der Waals surface area (Å²) < 4.78 is 5.40. The zero-order valence-corrected chi connectivity index (χ0v) is 14.5. The number of aryl methyl sites for hydroxylation is 1. The molecule has 0 radical (unpaired) electrons. The number of rotatable bonds is 5. The number of methoxy groups -OCH3 is 1. The Morgan fingerprint density at radius 1 is 1.40 bits per heavy atom. The minimum atomic E-state index is -0.569. The number of aromatic nitrogens is 2. The lowest BCUT2D eigenvalue weighted by Crippen LogP contribution is -2.45. The van der Waals surface area contributed by atoms with Crippen LogP contribution < -0.4 is 16.6 Å². The summed E-state index contributed by atoms with van der Waals surface area (Å²) in [5, 5.41) is 9.80. The Morgan fingerprint density at radius 2 is 2.04 bits per heavy atom. The van der Waals surface area contributed by atoms with Crippen molar-refractivity contribution in [2.24, 2.45) is 0 Å². The lowest BCUT2D eigenvalue weighted by atomic mass is 10.1. The van der Waals surface area contributed by atoms with Crippen molar-refractivity contribution in [1.82, 2.24) is 20.2 Å². The van der Waals surface area contributed by atoms with Crippen molar-refractivity contribution < 1.29 is 19.4 Å². The Bertz CT molecular complexity index is 698. The van der Waals surface area contributed by atoms with E-state index in [4.69, 9.17) is 14.6 Å². The third kappa shape index (κ3) is 5.84. The monoisotopic (exact) mass is 356 g/mol. The second-order valence-electron chi connectivity index (χ2n) is 5.59. The van der Waals surface area contributed by atoms with Gasteiger partial charge in [0, 0.05) is 31.5 Å². The molecular weight excluding hydrogens is 332 g/mol. The molecule has 1 amide bonds. The molecule has 1 saturated heterocycles. The van der Waals surface area contributed by atoms with Crippen molar-refractivity contribution in [3.05, 3.63) is 32.1 Å². The number of aromatic amines is 2. The Hall–Kier alpha value is -2.46. The van der Waals surface area contributed by atoms with Gasteiger partial charge in [-0.1, -0.05) is 6.92 Å². The Balaban J connectivity index is 0.000000970. The van der Waals surface area contributed by atoms with Crippen LogP contribution in [0, 0.1) is 6.92 Å². The van der Waals surface area contributed by atoms with Crippen LogP contribution in [0.4, 0.5) is 0 Å². The number of amides is 1. The molecule has 10 nitrogen and oxygen atoms in total. The van der Waals surface area contributed by atoms with E-state index in [1.54, 1.807) is 14.0 Å². The van der Waals surface area contributed by atoms with Crippen LogP contribution in [0.15, 0.2) is 9.59 Å². The fourth-order valence-corrected chi connectivity index (χ4v) is 2.74. The SMILES string of the molecule is CCN1C[C@H](NC(=O)Cc2c(C)[nH]c(=O)[nH]c2=O)[C@@H](OC)C1.O=CO. The van der Waals surface area contributed by atoms with Crippen LogP contribution >= 0.6 is 0 Å². The number of carbonyl (C=O) groups is 2. The van der Waals surface area contributed by atoms with Crippen molar-refractivity contribution in [3.8, 4) is 0 Å². The average molecular weight is 356 g/mol. The normalized spacial score (nSPS) is 19.8. The van der Waals surface area contributed by atoms with Gasteiger partial charge >= 0.3 is 5.69 Å². The fraction of sp³-hybridized carbons (Fsp3) is 0.600. The molecule has 0 unspecified atom stereocenters. The highest BCUT2D eigenvalue weighted by Crippen LogP contribution is 2.12. The Kier molecular flexibility index (Phi) is 8.02. The van der Waals surface area contributed by atoms with Gasteiger partial charge in [-0.3, -0.25) is 24.3 Å². The number of hydrogen-bond acceptors (Lipinski definition) is 6. The molecule has 10 heteroatoms. The van der Waals surface area contributed by atoms with E-state index in [9.17, 15) is 14.4 Å². The van der Waals surface area contributed by atoms with Gasteiger partial charge in [-0.05, 0) is 13.5 Å². The zero-order chi connectivity index (χ0) is 19.0. The molecule has 2 heterocycles. The van der Waals surface area contributed by atoms with Gasteiger partial charge in [0.05, 0.1) is 18.6 Å². The van der Waals surface area contributed by atoms with E-state index in [-0.39, 0.29) is 36.5 Å². The minimum absolute atomic E-state index is 0.0566. The van der Waals surface area contributed by atoms with E-state index >= 15 is 0 Å². The van der Waals surface area contributed by atoms with Crippen LogP contribution in [-0.2, 0) is 20.7 Å². The lowest BCUT2D eigenvalue weighted by molar-refractivity contribution is -0.123. The molecule has 0 spiro atoms. The molecule has 1 fully saturated rings. The minimum Gasteiger partial charge on any atom is -0.483 e. The van der Waals surface area contributed by atoms with Crippen LogP contribution in [-0.4, -0.2) is 71.2 Å². The summed E-state index contributed by atoms with van der Waals surface area (Å²) >= 11 is 0. The standard InChI is InChI=1S/C14H22N4O4.CH2O2/c1-4-18-6-10(11(7-18)22-3)16-12(19)5-9-8(2)15-14(21)17-13(9)20;2-1-3/h10-11H,4-7H2,1-3H3,(H,16,19)(H2,15,17,20,21);1H,(H,2,3)/t10-,11-;/m0./s1. The van der Waals surface area contributed by atoms with E-state index in [1.807, 2.05) is 0 Å². The maximum absolute atomic E-state index is 12.2. The Labute approximate surface area is 144 Å². The summed E-state index contributed by atoms with van der Waals surface area (Å²) in [6.45, 7) is 5.80. The molecule has 0 bridgehead atoms. The van der Waals surface area contributed by atoms with Crippen molar-refractivity contribution in [2.75, 3.05) is 26.7 Å². The number of ether oxygens (including phenoxy) is 1. The van der Waals surface area contributed by atoms with Crippen LogP contribution in [0.2, 0.25) is 0 Å². The van der Waals surface area contributed by atoms with Crippen molar-refractivity contribution in [2.45, 2.75) is 32.4 Å². The van der Waals surface area contributed by atoms with Gasteiger partial charge in [0.1, 0.15) is 0 Å². The average Bonchev–Trinajstić information content (AvgIpc) is 2.93. The number of likely N-dealkylation sites (tertiary alicyclic amines) is 1. The van der Waals surface area contributed by atoms with Crippen molar-refractivity contribution in [3.63, 3.8) is 0 Å². The first kappa shape index (κ1) is 20.6. The predicted octanol–water partition coefficient (Wildman–Crippen LogP) is -1.55. The number of nitrogens with zero attached hydrogens (tertiary/aromatic N) is 1. The molecule has 1 aliphatic heterocycles. The summed E-state index contributed by atoms with van der Waals surface area (Å²) in [7, 11) is 1.62. The lowest BCUT2D eigenvalue weighted by Gasteiger charge is -2.18. The largest absolute Gasteiger partial charge is 0.483 e. The summed E-state index contributed by atoms with van der Waals surface area (Å²) in [6.07, 6.45) is -0.129. The fourth-order valence-electron chi connectivity index (χ4n) is 2.74. The number of nitrogens with one attached hydrogen (secondary N) is 3. The van der Waals surface area contributed by atoms with Gasteiger partial charge in [0.2, 0.25) is 5.91 Å². The molecule has 1 aliphatic rings. The van der Waals surface area contributed by atoms with E-state index in [2.05, 4.69) is 27.1 Å². The van der Waals surface area contributed by atoms with E-state index in [1.165, 1.54) is 0 Å². The molecule has 0 saturated carbocycles. The maximum atomic E-state index is 12.2. The van der Waals surface area contributed by atoms with Gasteiger partial charge < -0.3 is 20.1 Å². The highest BCUT2D eigenvalue weighted by molar-refractivity contribution is 5.79. The molecule has 140 valence electrons. The van der Waals surface area contributed by atoms with Crippen LogP contribution in [0.5, 0.6) is 0 Å². The van der Waals surface area contributed by atoms with Gasteiger partial charge in [-0.25, -0.2) is 4.79 Å². The first-order valence-corrected chi connectivity index (χ1v) is 7.80. The number of hydrogen-bond donors (Lipinski definition) is 4. The highest BCUT2D eigenvalue weighted by Gasteiger charge is 2.33. The van der Waals surface area contributed by atoms with Gasteiger partial charge in [0.25, 0.3) is 12.0 Å². The van der Waals surface area contributed by atoms with E-state index in [0.29, 0.717) is 5.69 Å². The molecular formula is C15H24N4O6. The number of likely N-dealkylation sites (N-methyl/N-ethyl adjacent to an activating group) is 1. The third-order valence-corrected chi connectivity index (χ3v) is 4.03. The molecule has 4 N–H and O–H groups in total. The summed E-state index contributed by atoms with van der Waals surface area (Å²) in [4.78, 5) is 50.3. The molecule has 1 aromatic heterocycles. The topological polar surface area (TPSA) is 145 Å². The van der Waals surface area contributed by atoms with Crippen LogP contribution in [0.1, 0.15) is 18.2 Å². The van der Waals surface area contributed by atoms with Crippen LogP contribution in [0.3, 0.4) is 0 Å². The molecule has 1 aromatic rings. The molecule has 2 atom stereocenters. The quantitative estimate of drug-likeness (QED) is 0.467. The van der Waals surface area contributed by atoms with E-state index in [0.717, 1.165) is 19.6 Å². The summed E-state index contributed by atoms with van der Waals surface area (Å²) in [5.74, 6) is -0.259. The number of carboxylic acid groups (broad SMARTS) is 1. The van der Waals surface area contributed by atoms with Gasteiger partial charge in [0.15, 0.2) is 0 Å². The molecule has 0 aliphatic carbocycles. The van der Waals surface area contributed by atoms with E-state index < -0.39 is 11.2 Å². The summed E-state index contributed by atoms with van der Waals surface area (Å²) in [5.41, 5.74) is -0.410. The van der Waals surface area contributed by atoms with Crippen LogP contribution in [0.25, 0.3) is 0 Å². The molecule has 2 rings (SSSR count). The number of carbonyl (C=O) groups excluding carboxylic acids is 1. The maximum Gasteiger partial charge on any atom is 0.325 e. The second kappa shape index (κ2) is 9.74. The smallest absolute Gasteiger partial charge is 0.325 e. The van der Waals surface area contributed by atoms with Crippen molar-refractivity contribution in [1.29, 1.82) is 0 Å². The predicted molar refractivity (Wildman–Crippen MR) is 89.7 cm³/mol. The number of H-pyrrole nitrogens is 2. The first-order chi connectivity index (χ1) is 11.9. The van der Waals surface area contributed by atoms with Gasteiger partial charge in [-0.15, -0.1) is 0 Å². The summed E-state index contributed by atoms with van der Waals surface area (Å²) in [6, 6.07) is -0.0976. The molecule has 25 heavy (non-hydrogen) atoms. The highest BCUT2D eigenvalue weighted by atomic mass is 16.5. The molecule has 0 aromatic carbocycles. The first-order valence-electron chi connectivity index (χ1n) is 7.80. The third-order valence-electron chi connectivity index (χ3n) is 4.03.